The lowest BCUT2D eigenvalue weighted by atomic mass is 10.00. The summed E-state index contributed by atoms with van der Waals surface area (Å²) in [7, 11) is 0. The van der Waals surface area contributed by atoms with Gasteiger partial charge < -0.3 is 5.11 Å². The van der Waals surface area contributed by atoms with E-state index in [9.17, 15) is 20.0 Å². The molecule has 0 saturated carbocycles. The molecule has 0 aromatic heterocycles. The molecule has 1 aromatic carbocycles. The van der Waals surface area contributed by atoms with Gasteiger partial charge >= 0.3 is 5.69 Å². The van der Waals surface area contributed by atoms with Crippen LogP contribution in [-0.2, 0) is 6.42 Å². The second-order valence-corrected chi connectivity index (χ2v) is 3.85. The zero-order chi connectivity index (χ0) is 11.7. The fraction of sp³-hybridized carbons (Fsp3) is 0.364. The predicted molar refractivity (Wildman–Crippen MR) is 56.6 cm³/mol. The Morgan fingerprint density at radius 1 is 1.25 bits per heavy atom. The maximum absolute atomic E-state index is 11.7. The van der Waals surface area contributed by atoms with Gasteiger partial charge in [-0.3, -0.25) is 14.9 Å². The molecule has 0 spiro atoms. The molecule has 0 aliphatic heterocycles. The number of phenolic OH excluding ortho intramolecular Hbond substituents is 1. The van der Waals surface area contributed by atoms with Crippen molar-refractivity contribution in [1.82, 2.24) is 0 Å². The summed E-state index contributed by atoms with van der Waals surface area (Å²) in [5, 5.41) is 20.3. The Hall–Kier alpha value is -1.91. The third-order valence-electron chi connectivity index (χ3n) is 2.83. The first-order valence-electron chi connectivity index (χ1n) is 5.13. The predicted octanol–water partition coefficient (Wildman–Crippen LogP) is 2.21. The SMILES string of the molecule is O=C1CCCCc2c1ccc(O)c2[N+](=O)[O-]. The number of benzene rings is 1. The van der Waals surface area contributed by atoms with Crippen LogP contribution in [0.1, 0.15) is 35.2 Å². The Balaban J connectivity index is 2.66. The normalized spacial score (nSPS) is 15.4. The van der Waals surface area contributed by atoms with E-state index < -0.39 is 4.92 Å². The zero-order valence-corrected chi connectivity index (χ0v) is 8.60. The number of carbonyl (C=O) groups excluding carboxylic acids is 1. The molecule has 0 bridgehead atoms. The molecule has 0 saturated heterocycles. The quantitative estimate of drug-likeness (QED) is 0.448. The number of carbonyl (C=O) groups is 1. The smallest absolute Gasteiger partial charge is 0.314 e. The molecule has 0 radical (unpaired) electrons. The minimum atomic E-state index is -0.618. The van der Waals surface area contributed by atoms with E-state index in [4.69, 9.17) is 0 Å². The van der Waals surface area contributed by atoms with Gasteiger partial charge in [0.2, 0.25) is 0 Å². The van der Waals surface area contributed by atoms with Crippen LogP contribution in [0.4, 0.5) is 5.69 Å². The van der Waals surface area contributed by atoms with Crippen LogP contribution in [0.25, 0.3) is 0 Å². The summed E-state index contributed by atoms with van der Waals surface area (Å²) >= 11 is 0. The number of ketones is 1. The molecule has 5 nitrogen and oxygen atoms in total. The molecule has 1 aromatic rings. The van der Waals surface area contributed by atoms with Gasteiger partial charge in [-0.1, -0.05) is 0 Å². The van der Waals surface area contributed by atoms with Gasteiger partial charge in [0.05, 0.1) is 4.92 Å². The van der Waals surface area contributed by atoms with Crippen LogP contribution < -0.4 is 0 Å². The second kappa shape index (κ2) is 3.92. The second-order valence-electron chi connectivity index (χ2n) is 3.85. The highest BCUT2D eigenvalue weighted by Crippen LogP contribution is 2.35. The summed E-state index contributed by atoms with van der Waals surface area (Å²) in [6.45, 7) is 0. The van der Waals surface area contributed by atoms with E-state index in [2.05, 4.69) is 0 Å². The Morgan fingerprint density at radius 2 is 1.94 bits per heavy atom. The van der Waals surface area contributed by atoms with Crippen LogP contribution in [-0.4, -0.2) is 15.8 Å². The van der Waals surface area contributed by atoms with Gasteiger partial charge in [-0.05, 0) is 31.4 Å². The minimum absolute atomic E-state index is 0.0735. The molecule has 1 N–H and O–H groups in total. The number of nitro benzene ring substituents is 1. The molecule has 0 atom stereocenters. The van der Waals surface area contributed by atoms with Crippen molar-refractivity contribution >= 4 is 11.5 Å². The molecule has 2 rings (SSSR count). The van der Waals surface area contributed by atoms with Crippen LogP contribution in [0.5, 0.6) is 5.75 Å². The van der Waals surface area contributed by atoms with Gasteiger partial charge in [0.1, 0.15) is 0 Å². The van der Waals surface area contributed by atoms with E-state index in [-0.39, 0.29) is 17.2 Å². The van der Waals surface area contributed by atoms with E-state index in [0.717, 1.165) is 12.8 Å². The zero-order valence-electron chi connectivity index (χ0n) is 8.60. The topological polar surface area (TPSA) is 80.4 Å². The van der Waals surface area contributed by atoms with E-state index >= 15 is 0 Å². The number of fused-ring (bicyclic) bond motifs is 1. The molecule has 0 amide bonds. The maximum Gasteiger partial charge on any atom is 0.314 e. The minimum Gasteiger partial charge on any atom is -0.502 e. The van der Waals surface area contributed by atoms with E-state index in [1.807, 2.05) is 0 Å². The number of phenols is 1. The average molecular weight is 221 g/mol. The van der Waals surface area contributed by atoms with Crippen molar-refractivity contribution in [2.24, 2.45) is 0 Å². The van der Waals surface area contributed by atoms with Gasteiger partial charge in [0.15, 0.2) is 11.5 Å². The Kier molecular flexibility index (Phi) is 2.60. The molecular formula is C11H11NO4. The third kappa shape index (κ3) is 1.64. The lowest BCUT2D eigenvalue weighted by Gasteiger charge is -2.06. The molecule has 0 fully saturated rings. The van der Waals surface area contributed by atoms with Crippen molar-refractivity contribution < 1.29 is 14.8 Å². The number of nitrogens with zero attached hydrogens (tertiary/aromatic N) is 1. The van der Waals surface area contributed by atoms with Crippen LogP contribution in [0, 0.1) is 10.1 Å². The van der Waals surface area contributed by atoms with Crippen molar-refractivity contribution in [3.05, 3.63) is 33.4 Å². The molecule has 5 heteroatoms. The Labute approximate surface area is 91.9 Å². The molecule has 1 aliphatic rings. The standard InChI is InChI=1S/C11H11NO4/c13-9-4-2-1-3-8-7(9)5-6-10(14)11(8)12(15)16/h5-6,14H,1-4H2. The summed E-state index contributed by atoms with van der Waals surface area (Å²) in [4.78, 5) is 21.9. The molecule has 0 unspecified atom stereocenters. The monoisotopic (exact) mass is 221 g/mol. The van der Waals surface area contributed by atoms with Gasteiger partial charge in [-0.25, -0.2) is 0 Å². The number of Topliss-reactive ketones (excluding diaryl/α,β-unsaturated/α-hetero) is 1. The maximum atomic E-state index is 11.7. The van der Waals surface area contributed by atoms with Crippen LogP contribution in [0.2, 0.25) is 0 Å². The first kappa shape index (κ1) is 10.6. The Bertz CT molecular complexity index is 467. The molecule has 0 heterocycles. The van der Waals surface area contributed by atoms with Gasteiger partial charge in [0, 0.05) is 17.5 Å². The van der Waals surface area contributed by atoms with Gasteiger partial charge in [0.25, 0.3) is 0 Å². The number of aromatic hydroxyl groups is 1. The largest absolute Gasteiger partial charge is 0.502 e. The van der Waals surface area contributed by atoms with Crippen molar-refractivity contribution in [2.45, 2.75) is 25.7 Å². The summed E-state index contributed by atoms with van der Waals surface area (Å²) in [5.74, 6) is -0.436. The molecular weight excluding hydrogens is 210 g/mol. The highest BCUT2D eigenvalue weighted by molar-refractivity contribution is 5.99. The van der Waals surface area contributed by atoms with Gasteiger partial charge in [-0.2, -0.15) is 0 Å². The summed E-state index contributed by atoms with van der Waals surface area (Å²) in [5.41, 5.74) is 0.460. The third-order valence-corrected chi connectivity index (χ3v) is 2.83. The molecule has 84 valence electrons. The van der Waals surface area contributed by atoms with Crippen LogP contribution >= 0.6 is 0 Å². The number of hydrogen-bond acceptors (Lipinski definition) is 4. The van der Waals surface area contributed by atoms with Crippen molar-refractivity contribution in [2.75, 3.05) is 0 Å². The van der Waals surface area contributed by atoms with Crippen LogP contribution in [0.3, 0.4) is 0 Å². The number of hydrogen-bond donors (Lipinski definition) is 1. The van der Waals surface area contributed by atoms with E-state index in [1.165, 1.54) is 12.1 Å². The fourth-order valence-corrected chi connectivity index (χ4v) is 2.06. The van der Waals surface area contributed by atoms with Crippen molar-refractivity contribution in [1.29, 1.82) is 0 Å². The fourth-order valence-electron chi connectivity index (χ4n) is 2.06. The van der Waals surface area contributed by atoms with E-state index in [1.54, 1.807) is 0 Å². The van der Waals surface area contributed by atoms with E-state index in [0.29, 0.717) is 24.0 Å². The highest BCUT2D eigenvalue weighted by atomic mass is 16.6. The van der Waals surface area contributed by atoms with Gasteiger partial charge in [-0.15, -0.1) is 0 Å². The van der Waals surface area contributed by atoms with Crippen molar-refractivity contribution in [3.63, 3.8) is 0 Å². The average Bonchev–Trinajstić information content (AvgIpc) is 2.40. The lowest BCUT2D eigenvalue weighted by molar-refractivity contribution is -0.386. The first-order valence-corrected chi connectivity index (χ1v) is 5.13. The number of nitro groups is 1. The molecule has 16 heavy (non-hydrogen) atoms. The summed E-state index contributed by atoms with van der Waals surface area (Å²) in [6.07, 6.45) is 2.38. The van der Waals surface area contributed by atoms with Crippen LogP contribution in [0.15, 0.2) is 12.1 Å². The number of rotatable bonds is 1. The highest BCUT2D eigenvalue weighted by Gasteiger charge is 2.27. The summed E-state index contributed by atoms with van der Waals surface area (Å²) in [6, 6.07) is 2.70. The first-order chi connectivity index (χ1) is 7.61. The Morgan fingerprint density at radius 3 is 2.62 bits per heavy atom. The summed E-state index contributed by atoms with van der Waals surface area (Å²) < 4.78 is 0. The van der Waals surface area contributed by atoms with Crippen molar-refractivity contribution in [3.8, 4) is 5.75 Å². The molecule has 1 aliphatic carbocycles. The lowest BCUT2D eigenvalue weighted by Crippen LogP contribution is -2.03.